The Morgan fingerprint density at radius 1 is 1.00 bits per heavy atom. The van der Waals surface area contributed by atoms with E-state index in [1.165, 1.54) is 10.5 Å². The summed E-state index contributed by atoms with van der Waals surface area (Å²) < 4.78 is 10.7. The van der Waals surface area contributed by atoms with E-state index in [-0.39, 0.29) is 11.8 Å². The van der Waals surface area contributed by atoms with Crippen molar-refractivity contribution in [2.45, 2.75) is 19.4 Å². The van der Waals surface area contributed by atoms with E-state index in [1.807, 2.05) is 41.3 Å². The molecule has 0 unspecified atom stereocenters. The minimum absolute atomic E-state index is 0.0143. The lowest BCUT2D eigenvalue weighted by Gasteiger charge is -2.33. The largest absolute Gasteiger partial charge is 0.493 e. The number of anilines is 1. The zero-order valence-corrected chi connectivity index (χ0v) is 18.2. The molecule has 0 aromatic heterocycles. The molecule has 0 aliphatic carbocycles. The summed E-state index contributed by atoms with van der Waals surface area (Å²) in [7, 11) is 3.28. The summed E-state index contributed by atoms with van der Waals surface area (Å²) in [6, 6.07) is 13.5. The molecule has 2 amide bonds. The van der Waals surface area contributed by atoms with Crippen molar-refractivity contribution in [3.05, 3.63) is 53.6 Å². The molecule has 2 aliphatic heterocycles. The fraction of sp³-hybridized carbons (Fsp3) is 0.417. The van der Waals surface area contributed by atoms with E-state index in [1.54, 1.807) is 19.1 Å². The number of nitrogens with one attached hydrogen (secondary N) is 1. The summed E-state index contributed by atoms with van der Waals surface area (Å²) in [6.45, 7) is 4.72. The normalized spacial score (nSPS) is 17.2. The number of ether oxygens (including phenoxy) is 2. The number of piperazine rings is 1. The highest BCUT2D eigenvalue weighted by atomic mass is 16.5. The molecule has 7 heteroatoms. The maximum absolute atomic E-state index is 13.3. The smallest absolute Gasteiger partial charge is 0.256 e. The van der Waals surface area contributed by atoms with E-state index in [0.29, 0.717) is 31.6 Å². The molecule has 31 heavy (non-hydrogen) atoms. The Morgan fingerprint density at radius 2 is 1.74 bits per heavy atom. The summed E-state index contributed by atoms with van der Waals surface area (Å²) in [5, 5.41) is 0. The van der Waals surface area contributed by atoms with Crippen LogP contribution in [0.4, 0.5) is 5.69 Å². The number of methoxy groups -OCH3 is 2. The Hall–Kier alpha value is -3.06. The first kappa shape index (κ1) is 21.2. The molecule has 0 bridgehead atoms. The highest BCUT2D eigenvalue weighted by Crippen LogP contribution is 2.28. The number of hydrogen-bond donors (Lipinski definition) is 1. The summed E-state index contributed by atoms with van der Waals surface area (Å²) in [6.07, 6.45) is 1.40. The molecule has 0 atom stereocenters. The second-order valence-corrected chi connectivity index (χ2v) is 8.07. The number of rotatable bonds is 6. The third-order valence-electron chi connectivity index (χ3n) is 6.16. The monoisotopic (exact) mass is 424 g/mol. The molecule has 2 fully saturated rings. The number of carbonyl (C=O) groups is 2. The van der Waals surface area contributed by atoms with Gasteiger partial charge in [-0.05, 0) is 36.8 Å². The molecule has 2 saturated heterocycles. The van der Waals surface area contributed by atoms with Gasteiger partial charge in [0.1, 0.15) is 6.54 Å². The van der Waals surface area contributed by atoms with Crippen LogP contribution in [0.2, 0.25) is 0 Å². The second-order valence-electron chi connectivity index (χ2n) is 8.07. The van der Waals surface area contributed by atoms with Gasteiger partial charge in [-0.15, -0.1) is 0 Å². The molecule has 0 spiro atoms. The lowest BCUT2D eigenvalue weighted by atomic mass is 10.1. The van der Waals surface area contributed by atoms with Crippen molar-refractivity contribution in [1.29, 1.82) is 0 Å². The summed E-state index contributed by atoms with van der Waals surface area (Å²) in [5.74, 6) is 1.58. The molecule has 4 rings (SSSR count). The van der Waals surface area contributed by atoms with Crippen molar-refractivity contribution >= 4 is 17.5 Å². The van der Waals surface area contributed by atoms with Gasteiger partial charge in [-0.1, -0.05) is 12.1 Å². The number of hydrogen-bond acceptors (Lipinski definition) is 4. The van der Waals surface area contributed by atoms with Gasteiger partial charge in [-0.25, -0.2) is 0 Å². The van der Waals surface area contributed by atoms with Gasteiger partial charge in [0.05, 0.1) is 51.6 Å². The number of quaternary nitrogens is 1. The lowest BCUT2D eigenvalue weighted by Crippen LogP contribution is -3.13. The minimum Gasteiger partial charge on any atom is -0.493 e. The van der Waals surface area contributed by atoms with Gasteiger partial charge < -0.3 is 24.2 Å². The van der Waals surface area contributed by atoms with Gasteiger partial charge in [0.25, 0.3) is 5.91 Å². The highest BCUT2D eigenvalue weighted by molar-refractivity contribution is 6.05. The van der Waals surface area contributed by atoms with Crippen LogP contribution in [0.25, 0.3) is 0 Å². The molecule has 7 nitrogen and oxygen atoms in total. The van der Waals surface area contributed by atoms with Crippen LogP contribution in [-0.4, -0.2) is 63.7 Å². The first-order valence-corrected chi connectivity index (χ1v) is 10.8. The van der Waals surface area contributed by atoms with Crippen LogP contribution >= 0.6 is 0 Å². The van der Waals surface area contributed by atoms with Gasteiger partial charge >= 0.3 is 0 Å². The van der Waals surface area contributed by atoms with Crippen LogP contribution in [-0.2, 0) is 11.3 Å². The highest BCUT2D eigenvalue weighted by Gasteiger charge is 2.30. The zero-order valence-electron chi connectivity index (χ0n) is 18.2. The van der Waals surface area contributed by atoms with E-state index in [0.717, 1.165) is 43.2 Å². The number of carbonyl (C=O) groups excluding carboxylic acids is 2. The molecule has 164 valence electrons. The van der Waals surface area contributed by atoms with E-state index in [9.17, 15) is 9.59 Å². The topological polar surface area (TPSA) is 63.5 Å². The molecule has 0 radical (unpaired) electrons. The van der Waals surface area contributed by atoms with Crippen molar-refractivity contribution in [3.8, 4) is 11.5 Å². The maximum Gasteiger partial charge on any atom is 0.256 e. The van der Waals surface area contributed by atoms with Gasteiger partial charge in [0, 0.05) is 18.5 Å². The quantitative estimate of drug-likeness (QED) is 0.761. The first-order valence-electron chi connectivity index (χ1n) is 10.8. The first-order chi connectivity index (χ1) is 15.1. The van der Waals surface area contributed by atoms with Crippen molar-refractivity contribution in [2.24, 2.45) is 0 Å². The second kappa shape index (κ2) is 9.39. The summed E-state index contributed by atoms with van der Waals surface area (Å²) in [4.78, 5) is 30.6. The number of para-hydroxylation sites is 1. The standard InChI is InChI=1S/C24H29N3O4/c1-30-21-10-9-18(16-22(21)31-2)17-25-12-14-26(15-13-25)24(29)19-6-3-4-7-20(19)27-11-5-8-23(27)28/h3-4,6-7,9-10,16H,5,8,11-15,17H2,1-2H3/p+1. The minimum atomic E-state index is 0.0143. The van der Waals surface area contributed by atoms with Crippen molar-refractivity contribution in [3.63, 3.8) is 0 Å². The van der Waals surface area contributed by atoms with Crippen LogP contribution in [0, 0.1) is 0 Å². The van der Waals surface area contributed by atoms with Crippen molar-refractivity contribution in [2.75, 3.05) is 51.8 Å². The molecule has 2 heterocycles. The third kappa shape index (κ3) is 4.51. The van der Waals surface area contributed by atoms with Crippen LogP contribution in [0.1, 0.15) is 28.8 Å². The van der Waals surface area contributed by atoms with Crippen molar-refractivity contribution < 1.29 is 24.0 Å². The SMILES string of the molecule is COc1ccc(C[NH+]2CCN(C(=O)c3ccccc3N3CCCC3=O)CC2)cc1OC. The Labute approximate surface area is 183 Å². The Balaban J connectivity index is 1.39. The molecule has 1 N–H and O–H groups in total. The number of amides is 2. The Kier molecular flexibility index (Phi) is 6.42. The maximum atomic E-state index is 13.3. The fourth-order valence-corrected chi connectivity index (χ4v) is 4.45. The molecule has 2 aromatic carbocycles. The van der Waals surface area contributed by atoms with Crippen molar-refractivity contribution in [1.82, 2.24) is 4.90 Å². The Bertz CT molecular complexity index is 954. The third-order valence-corrected chi connectivity index (χ3v) is 6.16. The number of nitrogens with zero attached hydrogens (tertiary/aromatic N) is 2. The lowest BCUT2D eigenvalue weighted by molar-refractivity contribution is -0.917. The van der Waals surface area contributed by atoms with Crippen LogP contribution in [0.15, 0.2) is 42.5 Å². The van der Waals surface area contributed by atoms with Crippen LogP contribution in [0.3, 0.4) is 0 Å². The molecular weight excluding hydrogens is 394 g/mol. The number of benzene rings is 2. The van der Waals surface area contributed by atoms with Crippen LogP contribution < -0.4 is 19.3 Å². The van der Waals surface area contributed by atoms with Crippen LogP contribution in [0.5, 0.6) is 11.5 Å². The van der Waals surface area contributed by atoms with Gasteiger partial charge in [-0.2, -0.15) is 0 Å². The van der Waals surface area contributed by atoms with Gasteiger partial charge in [0.15, 0.2) is 11.5 Å². The summed E-state index contributed by atoms with van der Waals surface area (Å²) >= 11 is 0. The van der Waals surface area contributed by atoms with E-state index < -0.39 is 0 Å². The Morgan fingerprint density at radius 3 is 2.42 bits per heavy atom. The van der Waals surface area contributed by atoms with E-state index in [4.69, 9.17) is 9.47 Å². The van der Waals surface area contributed by atoms with Gasteiger partial charge in [0.2, 0.25) is 5.91 Å². The summed E-state index contributed by atoms with van der Waals surface area (Å²) in [5.41, 5.74) is 2.56. The molecular formula is C24H30N3O4+. The zero-order chi connectivity index (χ0) is 21.8. The molecule has 2 aliphatic rings. The predicted octanol–water partition coefficient (Wildman–Crippen LogP) is 1.37. The van der Waals surface area contributed by atoms with Gasteiger partial charge in [-0.3, -0.25) is 9.59 Å². The molecule has 2 aromatic rings. The average Bonchev–Trinajstić information content (AvgIpc) is 3.24. The predicted molar refractivity (Wildman–Crippen MR) is 118 cm³/mol. The average molecular weight is 425 g/mol. The molecule has 0 saturated carbocycles. The van der Waals surface area contributed by atoms with E-state index in [2.05, 4.69) is 6.07 Å². The fourth-order valence-electron chi connectivity index (χ4n) is 4.45. The van der Waals surface area contributed by atoms with E-state index >= 15 is 0 Å².